The molecule has 0 rings (SSSR count). The fraction of sp³-hybridized carbons (Fsp3) is 1.00. The Morgan fingerprint density at radius 3 is 2.29 bits per heavy atom. The summed E-state index contributed by atoms with van der Waals surface area (Å²) in [6.45, 7) is 14.4. The average Bonchev–Trinajstić information content (AvgIpc) is 2.26. The smallest absolute Gasteiger partial charge is 0.0589 e. The lowest BCUT2D eigenvalue weighted by molar-refractivity contribution is 0.128. The Bertz CT molecular complexity index is 160. The van der Waals surface area contributed by atoms with Crippen molar-refractivity contribution in [3.8, 4) is 0 Å². The lowest BCUT2D eigenvalue weighted by Gasteiger charge is -2.26. The molecule has 0 aliphatic carbocycles. The van der Waals surface area contributed by atoms with Crippen molar-refractivity contribution in [3.63, 3.8) is 0 Å². The van der Waals surface area contributed by atoms with Crippen LogP contribution in [0.3, 0.4) is 0 Å². The van der Waals surface area contributed by atoms with Gasteiger partial charge in [0, 0.05) is 19.7 Å². The minimum absolute atomic E-state index is 0.619. The summed E-state index contributed by atoms with van der Waals surface area (Å²) in [5.74, 6) is 0.754. The summed E-state index contributed by atoms with van der Waals surface area (Å²) in [4.78, 5) is 2.49. The maximum absolute atomic E-state index is 5.14. The number of ether oxygens (including phenoxy) is 1. The molecular weight excluding hydrogens is 212 g/mol. The predicted octanol–water partition coefficient (Wildman–Crippen LogP) is 2.37. The molecule has 104 valence electrons. The van der Waals surface area contributed by atoms with Gasteiger partial charge in [-0.2, -0.15) is 0 Å². The molecule has 17 heavy (non-hydrogen) atoms. The van der Waals surface area contributed by atoms with Crippen molar-refractivity contribution in [2.45, 2.75) is 46.6 Å². The van der Waals surface area contributed by atoms with Gasteiger partial charge in [0.1, 0.15) is 0 Å². The van der Waals surface area contributed by atoms with Crippen LogP contribution in [0.2, 0.25) is 0 Å². The summed E-state index contributed by atoms with van der Waals surface area (Å²) in [5.41, 5.74) is 0. The first-order valence-electron chi connectivity index (χ1n) is 7.01. The van der Waals surface area contributed by atoms with Crippen LogP contribution in [0.15, 0.2) is 0 Å². The summed E-state index contributed by atoms with van der Waals surface area (Å²) in [6.07, 6.45) is 2.54. The van der Waals surface area contributed by atoms with Crippen LogP contribution < -0.4 is 5.32 Å². The van der Waals surface area contributed by atoms with E-state index in [0.717, 1.165) is 32.2 Å². The Labute approximate surface area is 108 Å². The molecule has 0 fully saturated rings. The molecule has 1 N–H and O–H groups in total. The van der Waals surface area contributed by atoms with Gasteiger partial charge in [0.05, 0.1) is 6.61 Å². The Morgan fingerprint density at radius 2 is 1.76 bits per heavy atom. The molecule has 0 saturated heterocycles. The third kappa shape index (κ3) is 10.7. The number of unbranched alkanes of at least 4 members (excludes halogenated alkanes) is 1. The molecular formula is C14H32N2O. The molecule has 0 aromatic heterocycles. The van der Waals surface area contributed by atoms with Crippen LogP contribution in [0, 0.1) is 5.92 Å². The number of rotatable bonds is 11. The SMILES string of the molecule is COCCN(CCCCNCC(C)C)C(C)C. The molecule has 0 aromatic carbocycles. The fourth-order valence-electron chi connectivity index (χ4n) is 1.79. The Kier molecular flexibility index (Phi) is 10.9. The van der Waals surface area contributed by atoms with Gasteiger partial charge in [-0.05, 0) is 52.2 Å². The van der Waals surface area contributed by atoms with Crippen molar-refractivity contribution in [2.75, 3.05) is 39.9 Å². The van der Waals surface area contributed by atoms with Crippen molar-refractivity contribution in [1.82, 2.24) is 10.2 Å². The van der Waals surface area contributed by atoms with Gasteiger partial charge in [-0.25, -0.2) is 0 Å². The zero-order valence-electron chi connectivity index (χ0n) is 12.5. The molecule has 3 heteroatoms. The van der Waals surface area contributed by atoms with E-state index >= 15 is 0 Å². The average molecular weight is 244 g/mol. The number of hydrogen-bond donors (Lipinski definition) is 1. The maximum Gasteiger partial charge on any atom is 0.0589 e. The first-order chi connectivity index (χ1) is 8.07. The molecule has 0 unspecified atom stereocenters. The van der Waals surface area contributed by atoms with Crippen LogP contribution in [0.25, 0.3) is 0 Å². The lowest BCUT2D eigenvalue weighted by atomic mass is 10.2. The minimum Gasteiger partial charge on any atom is -0.383 e. The van der Waals surface area contributed by atoms with E-state index in [1.54, 1.807) is 7.11 Å². The maximum atomic E-state index is 5.14. The molecule has 3 nitrogen and oxygen atoms in total. The van der Waals surface area contributed by atoms with E-state index < -0.39 is 0 Å². The summed E-state index contributed by atoms with van der Waals surface area (Å²) in [6, 6.07) is 0.619. The zero-order chi connectivity index (χ0) is 13.1. The van der Waals surface area contributed by atoms with Crippen molar-refractivity contribution in [2.24, 2.45) is 5.92 Å². The molecule has 0 aliphatic rings. The Hall–Kier alpha value is -0.120. The standard InChI is InChI=1S/C14H32N2O/c1-13(2)12-15-8-6-7-9-16(14(3)4)10-11-17-5/h13-15H,6-12H2,1-5H3. The highest BCUT2D eigenvalue weighted by atomic mass is 16.5. The predicted molar refractivity (Wildman–Crippen MR) is 75.5 cm³/mol. The molecule has 0 bridgehead atoms. The van der Waals surface area contributed by atoms with E-state index in [0.29, 0.717) is 6.04 Å². The number of nitrogens with one attached hydrogen (secondary N) is 1. The van der Waals surface area contributed by atoms with Gasteiger partial charge < -0.3 is 10.1 Å². The highest BCUT2D eigenvalue weighted by molar-refractivity contribution is 4.63. The number of hydrogen-bond acceptors (Lipinski definition) is 3. The highest BCUT2D eigenvalue weighted by Gasteiger charge is 2.07. The quantitative estimate of drug-likeness (QED) is 0.565. The monoisotopic (exact) mass is 244 g/mol. The van der Waals surface area contributed by atoms with Crippen molar-refractivity contribution < 1.29 is 4.74 Å². The van der Waals surface area contributed by atoms with Crippen molar-refractivity contribution in [3.05, 3.63) is 0 Å². The van der Waals surface area contributed by atoms with Gasteiger partial charge in [0.15, 0.2) is 0 Å². The minimum atomic E-state index is 0.619. The molecule has 0 aromatic rings. The van der Waals surface area contributed by atoms with E-state index in [-0.39, 0.29) is 0 Å². The molecule has 0 saturated carbocycles. The fourth-order valence-corrected chi connectivity index (χ4v) is 1.79. The van der Waals surface area contributed by atoms with E-state index in [9.17, 15) is 0 Å². The van der Waals surface area contributed by atoms with Gasteiger partial charge in [-0.3, -0.25) is 4.90 Å². The molecule has 0 radical (unpaired) electrons. The highest BCUT2D eigenvalue weighted by Crippen LogP contribution is 2.01. The van der Waals surface area contributed by atoms with Gasteiger partial charge in [0.25, 0.3) is 0 Å². The van der Waals surface area contributed by atoms with Crippen molar-refractivity contribution in [1.29, 1.82) is 0 Å². The second kappa shape index (κ2) is 11.0. The van der Waals surface area contributed by atoms with Gasteiger partial charge in [0.2, 0.25) is 0 Å². The van der Waals surface area contributed by atoms with E-state index in [2.05, 4.69) is 37.9 Å². The normalized spacial score (nSPS) is 12.0. The van der Waals surface area contributed by atoms with Crippen LogP contribution >= 0.6 is 0 Å². The topological polar surface area (TPSA) is 24.5 Å². The van der Waals surface area contributed by atoms with E-state index in [1.807, 2.05) is 0 Å². The van der Waals surface area contributed by atoms with Crippen LogP contribution in [0.4, 0.5) is 0 Å². The second-order valence-corrected chi connectivity index (χ2v) is 5.43. The first-order valence-corrected chi connectivity index (χ1v) is 7.01. The van der Waals surface area contributed by atoms with Crippen LogP contribution in [-0.4, -0.2) is 50.8 Å². The van der Waals surface area contributed by atoms with E-state index in [1.165, 1.54) is 19.4 Å². The molecule has 0 heterocycles. The van der Waals surface area contributed by atoms with Crippen LogP contribution in [0.1, 0.15) is 40.5 Å². The summed E-state index contributed by atoms with van der Waals surface area (Å²) in [7, 11) is 1.77. The molecule has 0 atom stereocenters. The number of methoxy groups -OCH3 is 1. The van der Waals surface area contributed by atoms with Gasteiger partial charge in [-0.15, -0.1) is 0 Å². The van der Waals surface area contributed by atoms with Crippen LogP contribution in [0.5, 0.6) is 0 Å². The molecule has 0 spiro atoms. The lowest BCUT2D eigenvalue weighted by Crippen LogP contribution is -2.35. The molecule has 0 aliphatic heterocycles. The summed E-state index contributed by atoms with van der Waals surface area (Å²) in [5, 5.41) is 3.49. The Balaban J connectivity index is 3.47. The summed E-state index contributed by atoms with van der Waals surface area (Å²) >= 11 is 0. The largest absolute Gasteiger partial charge is 0.383 e. The second-order valence-electron chi connectivity index (χ2n) is 5.43. The third-order valence-corrected chi connectivity index (χ3v) is 2.91. The number of nitrogens with zero attached hydrogens (tertiary/aromatic N) is 1. The van der Waals surface area contributed by atoms with Gasteiger partial charge >= 0.3 is 0 Å². The Morgan fingerprint density at radius 1 is 1.06 bits per heavy atom. The van der Waals surface area contributed by atoms with Gasteiger partial charge in [-0.1, -0.05) is 13.8 Å². The first kappa shape index (κ1) is 16.9. The van der Waals surface area contributed by atoms with Crippen LogP contribution in [-0.2, 0) is 4.74 Å². The zero-order valence-corrected chi connectivity index (χ0v) is 12.5. The molecule has 0 amide bonds. The third-order valence-electron chi connectivity index (χ3n) is 2.91. The van der Waals surface area contributed by atoms with E-state index in [4.69, 9.17) is 4.74 Å². The summed E-state index contributed by atoms with van der Waals surface area (Å²) < 4.78 is 5.14. The van der Waals surface area contributed by atoms with Crippen molar-refractivity contribution >= 4 is 0 Å².